The Bertz CT molecular complexity index is 1070. The maximum atomic E-state index is 12.0. The minimum Gasteiger partial charge on any atom is -0.497 e. The van der Waals surface area contributed by atoms with E-state index < -0.39 is 5.97 Å². The molecule has 0 saturated heterocycles. The summed E-state index contributed by atoms with van der Waals surface area (Å²) in [6.45, 7) is 3.87. The van der Waals surface area contributed by atoms with Crippen LogP contribution in [0.15, 0.2) is 66.7 Å². The van der Waals surface area contributed by atoms with Gasteiger partial charge in [-0.2, -0.15) is 0 Å². The Morgan fingerprint density at radius 3 is 2.37 bits per heavy atom. The third-order valence-corrected chi connectivity index (χ3v) is 4.69. The second-order valence-electron chi connectivity index (χ2n) is 7.24. The minimum atomic E-state index is -0.574. The summed E-state index contributed by atoms with van der Waals surface area (Å²) < 4.78 is 10.2. The summed E-state index contributed by atoms with van der Waals surface area (Å²) in [5.74, 6) is 0.264. The molecule has 0 fully saturated rings. The molecule has 1 amide bonds. The number of hydrogen-bond donors (Lipinski definition) is 1. The third kappa shape index (κ3) is 5.70. The molecule has 0 saturated carbocycles. The molecule has 0 radical (unpaired) electrons. The maximum Gasteiger partial charge on any atom is 0.331 e. The number of anilines is 1. The first-order valence-electron chi connectivity index (χ1n) is 9.77. The number of carbonyl (C=O) groups excluding carboxylic acids is 2. The molecule has 0 unspecified atom stereocenters. The monoisotopic (exact) mass is 403 g/mol. The van der Waals surface area contributed by atoms with Gasteiger partial charge in [0.1, 0.15) is 5.75 Å². The second kappa shape index (κ2) is 9.74. The van der Waals surface area contributed by atoms with E-state index in [0.717, 1.165) is 22.1 Å². The van der Waals surface area contributed by atoms with Crippen LogP contribution < -0.4 is 10.1 Å². The second-order valence-corrected chi connectivity index (χ2v) is 7.24. The van der Waals surface area contributed by atoms with Crippen molar-refractivity contribution in [2.24, 2.45) is 0 Å². The summed E-state index contributed by atoms with van der Waals surface area (Å²) in [5, 5.41) is 4.80. The molecule has 5 heteroatoms. The van der Waals surface area contributed by atoms with Crippen LogP contribution in [-0.4, -0.2) is 25.6 Å². The average Bonchev–Trinajstić information content (AvgIpc) is 2.76. The van der Waals surface area contributed by atoms with Crippen molar-refractivity contribution in [3.63, 3.8) is 0 Å². The number of rotatable bonds is 7. The van der Waals surface area contributed by atoms with Gasteiger partial charge in [0, 0.05) is 11.8 Å². The van der Waals surface area contributed by atoms with E-state index in [-0.39, 0.29) is 12.5 Å². The fourth-order valence-electron chi connectivity index (χ4n) is 2.97. The van der Waals surface area contributed by atoms with Gasteiger partial charge in [-0.3, -0.25) is 4.79 Å². The van der Waals surface area contributed by atoms with Gasteiger partial charge in [0.2, 0.25) is 0 Å². The lowest BCUT2D eigenvalue weighted by atomic mass is 10.0. The Kier molecular flexibility index (Phi) is 6.86. The predicted molar refractivity (Wildman–Crippen MR) is 120 cm³/mol. The van der Waals surface area contributed by atoms with Crippen LogP contribution >= 0.6 is 0 Å². The van der Waals surface area contributed by atoms with Crippen molar-refractivity contribution in [3.8, 4) is 5.75 Å². The highest BCUT2D eigenvalue weighted by Gasteiger charge is 2.07. The molecule has 154 valence electrons. The lowest BCUT2D eigenvalue weighted by Gasteiger charge is -2.08. The zero-order valence-corrected chi connectivity index (χ0v) is 17.3. The number of esters is 1. The van der Waals surface area contributed by atoms with E-state index in [0.29, 0.717) is 11.6 Å². The molecule has 1 N–H and O–H groups in total. The average molecular weight is 403 g/mol. The molecule has 0 aromatic heterocycles. The molecule has 0 spiro atoms. The molecule has 5 nitrogen and oxygen atoms in total. The molecule has 3 aromatic carbocycles. The van der Waals surface area contributed by atoms with E-state index in [4.69, 9.17) is 9.47 Å². The fourth-order valence-corrected chi connectivity index (χ4v) is 2.97. The Labute approximate surface area is 176 Å². The molecule has 0 aliphatic carbocycles. The first kappa shape index (κ1) is 21.1. The zero-order valence-electron chi connectivity index (χ0n) is 17.3. The quantitative estimate of drug-likeness (QED) is 0.437. The number of fused-ring (bicyclic) bond motifs is 1. The molecule has 3 rings (SSSR count). The Balaban J connectivity index is 1.51. The van der Waals surface area contributed by atoms with Crippen molar-refractivity contribution in [2.75, 3.05) is 19.0 Å². The molecular weight excluding hydrogens is 378 g/mol. The number of carbonyl (C=O) groups is 2. The first-order valence-corrected chi connectivity index (χ1v) is 9.77. The molecule has 30 heavy (non-hydrogen) atoms. The van der Waals surface area contributed by atoms with Crippen molar-refractivity contribution in [1.29, 1.82) is 0 Å². The van der Waals surface area contributed by atoms with Crippen molar-refractivity contribution >= 4 is 34.4 Å². The highest BCUT2D eigenvalue weighted by molar-refractivity contribution is 5.95. The van der Waals surface area contributed by atoms with Gasteiger partial charge in [-0.05, 0) is 64.2 Å². The molecule has 0 bridgehead atoms. The van der Waals surface area contributed by atoms with Crippen LogP contribution in [0.5, 0.6) is 5.75 Å². The molecule has 0 heterocycles. The Morgan fingerprint density at radius 1 is 0.967 bits per heavy atom. The standard InChI is InChI=1S/C25H25NO4/c1-17(2)19-7-10-22(11-8-19)26-24(27)16-30-25(28)13-5-18-4-6-21-15-23(29-3)12-9-20(21)14-18/h4-15,17H,16H2,1-3H3,(H,26,27)/b13-5+. The van der Waals surface area contributed by atoms with Crippen LogP contribution in [0.2, 0.25) is 0 Å². The van der Waals surface area contributed by atoms with Gasteiger partial charge in [-0.15, -0.1) is 0 Å². The van der Waals surface area contributed by atoms with Gasteiger partial charge < -0.3 is 14.8 Å². The van der Waals surface area contributed by atoms with Gasteiger partial charge in [0.05, 0.1) is 7.11 Å². The summed E-state index contributed by atoms with van der Waals surface area (Å²) in [5.41, 5.74) is 2.72. The van der Waals surface area contributed by atoms with Gasteiger partial charge in [0.15, 0.2) is 6.61 Å². The van der Waals surface area contributed by atoms with E-state index >= 15 is 0 Å². The largest absolute Gasteiger partial charge is 0.497 e. The molecular formula is C25H25NO4. The number of hydrogen-bond acceptors (Lipinski definition) is 4. The fraction of sp³-hybridized carbons (Fsp3) is 0.200. The molecule has 3 aromatic rings. The zero-order chi connectivity index (χ0) is 21.5. The van der Waals surface area contributed by atoms with Crippen molar-refractivity contribution in [2.45, 2.75) is 19.8 Å². The number of nitrogens with one attached hydrogen (secondary N) is 1. The predicted octanol–water partition coefficient (Wildman–Crippen LogP) is 5.17. The van der Waals surface area contributed by atoms with E-state index in [1.807, 2.05) is 60.7 Å². The van der Waals surface area contributed by atoms with Crippen molar-refractivity contribution < 1.29 is 19.1 Å². The van der Waals surface area contributed by atoms with E-state index in [9.17, 15) is 9.59 Å². The third-order valence-electron chi connectivity index (χ3n) is 4.69. The lowest BCUT2D eigenvalue weighted by molar-refractivity contribution is -0.142. The SMILES string of the molecule is COc1ccc2cc(/C=C/C(=O)OCC(=O)Nc3ccc(C(C)C)cc3)ccc2c1. The van der Waals surface area contributed by atoms with Crippen LogP contribution in [0.4, 0.5) is 5.69 Å². The van der Waals surface area contributed by atoms with Crippen LogP contribution in [-0.2, 0) is 14.3 Å². The van der Waals surface area contributed by atoms with E-state index in [1.54, 1.807) is 13.2 Å². The van der Waals surface area contributed by atoms with Crippen LogP contribution in [0, 0.1) is 0 Å². The molecule has 0 atom stereocenters. The van der Waals surface area contributed by atoms with Gasteiger partial charge in [-0.25, -0.2) is 4.79 Å². The maximum absolute atomic E-state index is 12.0. The number of ether oxygens (including phenoxy) is 2. The number of amides is 1. The topological polar surface area (TPSA) is 64.6 Å². The first-order chi connectivity index (χ1) is 14.4. The van der Waals surface area contributed by atoms with Gasteiger partial charge in [0.25, 0.3) is 5.91 Å². The lowest BCUT2D eigenvalue weighted by Crippen LogP contribution is -2.20. The van der Waals surface area contributed by atoms with Crippen molar-refractivity contribution in [3.05, 3.63) is 77.9 Å². The highest BCUT2D eigenvalue weighted by Crippen LogP contribution is 2.22. The normalized spacial score (nSPS) is 11.1. The van der Waals surface area contributed by atoms with Crippen LogP contribution in [0.25, 0.3) is 16.8 Å². The Hall–Kier alpha value is -3.60. The molecule has 0 aliphatic rings. The molecule has 0 aliphatic heterocycles. The van der Waals surface area contributed by atoms with Crippen LogP contribution in [0.3, 0.4) is 0 Å². The van der Waals surface area contributed by atoms with Gasteiger partial charge >= 0.3 is 5.97 Å². The van der Waals surface area contributed by atoms with E-state index in [2.05, 4.69) is 19.2 Å². The Morgan fingerprint density at radius 2 is 1.67 bits per heavy atom. The highest BCUT2D eigenvalue weighted by atomic mass is 16.5. The summed E-state index contributed by atoms with van der Waals surface area (Å²) in [4.78, 5) is 23.9. The van der Waals surface area contributed by atoms with Crippen molar-refractivity contribution in [1.82, 2.24) is 0 Å². The van der Waals surface area contributed by atoms with E-state index in [1.165, 1.54) is 11.6 Å². The number of methoxy groups -OCH3 is 1. The smallest absolute Gasteiger partial charge is 0.331 e. The van der Waals surface area contributed by atoms with Gasteiger partial charge in [-0.1, -0.05) is 44.2 Å². The summed E-state index contributed by atoms with van der Waals surface area (Å²) in [6.07, 6.45) is 2.98. The summed E-state index contributed by atoms with van der Waals surface area (Å²) in [6, 6.07) is 19.2. The van der Waals surface area contributed by atoms with Crippen LogP contribution in [0.1, 0.15) is 30.9 Å². The summed E-state index contributed by atoms with van der Waals surface area (Å²) in [7, 11) is 1.63. The minimum absolute atomic E-state index is 0.341. The summed E-state index contributed by atoms with van der Waals surface area (Å²) >= 11 is 0. The number of benzene rings is 3.